The van der Waals surface area contributed by atoms with Gasteiger partial charge in [-0.3, -0.25) is 0 Å². The Bertz CT molecular complexity index is 3700. The van der Waals surface area contributed by atoms with E-state index in [1.54, 1.807) is 0 Å². The highest BCUT2D eigenvalue weighted by Gasteiger charge is 2.46. The third-order valence-electron chi connectivity index (χ3n) is 13.5. The first-order valence-corrected chi connectivity index (χ1v) is 21.8. The molecule has 1 aliphatic carbocycles. The summed E-state index contributed by atoms with van der Waals surface area (Å²) >= 11 is 0. The molecule has 0 saturated carbocycles. The number of furan rings is 1. The minimum Gasteiger partial charge on any atom is -0.455 e. The van der Waals surface area contributed by atoms with Gasteiger partial charge in [0.1, 0.15) is 11.2 Å². The summed E-state index contributed by atoms with van der Waals surface area (Å²) in [5.74, 6) is 0. The Morgan fingerprint density at radius 3 is 1.68 bits per heavy atom. The molecule has 0 aliphatic heterocycles. The first-order chi connectivity index (χ1) is 31.3. The van der Waals surface area contributed by atoms with Crippen molar-refractivity contribution in [2.75, 3.05) is 4.90 Å². The molecule has 0 spiro atoms. The highest BCUT2D eigenvalue weighted by Crippen LogP contribution is 2.58. The molecule has 0 amide bonds. The Balaban J connectivity index is 1.11. The van der Waals surface area contributed by atoms with Crippen molar-refractivity contribution in [1.82, 2.24) is 0 Å². The maximum atomic E-state index is 7.21. The van der Waals surface area contributed by atoms with E-state index in [2.05, 4.69) is 241 Å². The summed E-state index contributed by atoms with van der Waals surface area (Å²) in [6.07, 6.45) is 0. The van der Waals surface area contributed by atoms with Crippen molar-refractivity contribution in [2.24, 2.45) is 0 Å². The topological polar surface area (TPSA) is 16.4 Å². The van der Waals surface area contributed by atoms with Crippen LogP contribution in [-0.4, -0.2) is 0 Å². The van der Waals surface area contributed by atoms with Crippen LogP contribution in [0.15, 0.2) is 241 Å². The highest BCUT2D eigenvalue weighted by atomic mass is 16.3. The Hall–Kier alpha value is -8.20. The first-order valence-electron chi connectivity index (χ1n) is 21.8. The number of nitrogens with zero attached hydrogens (tertiary/aromatic N) is 1. The fourth-order valence-corrected chi connectivity index (χ4v) is 10.9. The van der Waals surface area contributed by atoms with Crippen LogP contribution in [0.5, 0.6) is 0 Å². The van der Waals surface area contributed by atoms with Gasteiger partial charge in [0.15, 0.2) is 0 Å². The molecule has 12 aromatic rings. The van der Waals surface area contributed by atoms with E-state index in [1.807, 2.05) is 0 Å². The van der Waals surface area contributed by atoms with Crippen molar-refractivity contribution in [1.29, 1.82) is 0 Å². The molecule has 0 radical (unpaired) electrons. The standard InChI is InChI=1S/C61H39NO/c1-4-21-42(22-5-1)61(43-23-6-2-7-24-43)54-32-17-16-31-50(54)51-36-35-45(39-55(51)61)62(44-25-8-3-9-26-44)56-33-18-34-57-59(56)53-38-41-20-11-13-28-47(41)58(60(53)63-57)52-37-40-19-10-12-27-46(40)48-29-14-15-30-49(48)52/h1-39H. The molecule has 0 unspecified atom stereocenters. The van der Waals surface area contributed by atoms with E-state index in [4.69, 9.17) is 4.42 Å². The second kappa shape index (κ2) is 13.9. The Kier molecular flexibility index (Phi) is 7.85. The minimum absolute atomic E-state index is 0.530. The molecule has 11 aromatic carbocycles. The lowest BCUT2D eigenvalue weighted by atomic mass is 9.67. The highest BCUT2D eigenvalue weighted by molar-refractivity contribution is 6.25. The molecule has 0 saturated heterocycles. The van der Waals surface area contributed by atoms with Crippen LogP contribution in [0, 0.1) is 0 Å². The van der Waals surface area contributed by atoms with Crippen LogP contribution in [0.1, 0.15) is 22.3 Å². The maximum Gasteiger partial charge on any atom is 0.143 e. The van der Waals surface area contributed by atoms with E-state index < -0.39 is 5.41 Å². The van der Waals surface area contributed by atoms with Crippen molar-refractivity contribution in [3.8, 4) is 22.3 Å². The lowest BCUT2D eigenvalue weighted by Crippen LogP contribution is -2.28. The molecule has 294 valence electrons. The SMILES string of the molecule is c1ccc(N(c2ccc3c(c2)C(c2ccccc2)(c2ccccc2)c2ccccc2-3)c2cccc3oc4c(-c5cc6ccccc6c6ccccc56)c5ccccc5cc4c23)cc1. The Morgan fingerprint density at radius 2 is 0.937 bits per heavy atom. The molecule has 0 atom stereocenters. The number of para-hydroxylation sites is 1. The number of anilines is 3. The molecule has 1 aliphatic rings. The van der Waals surface area contributed by atoms with Crippen LogP contribution in [0.25, 0.3) is 76.5 Å². The van der Waals surface area contributed by atoms with Crippen molar-refractivity contribution < 1.29 is 4.42 Å². The average Bonchev–Trinajstić information content (AvgIpc) is 3.88. The normalized spacial score (nSPS) is 12.9. The molecule has 63 heavy (non-hydrogen) atoms. The van der Waals surface area contributed by atoms with Gasteiger partial charge < -0.3 is 9.32 Å². The molecule has 0 bridgehead atoms. The predicted molar refractivity (Wildman–Crippen MR) is 264 cm³/mol. The fraction of sp³-hybridized carbons (Fsp3) is 0.0164. The molecule has 2 heteroatoms. The average molecular weight is 802 g/mol. The first kappa shape index (κ1) is 35.5. The van der Waals surface area contributed by atoms with Crippen LogP contribution in [-0.2, 0) is 5.41 Å². The second-order valence-electron chi connectivity index (χ2n) is 16.7. The van der Waals surface area contributed by atoms with E-state index in [-0.39, 0.29) is 0 Å². The molecule has 0 N–H and O–H groups in total. The van der Waals surface area contributed by atoms with E-state index in [0.717, 1.165) is 44.6 Å². The third-order valence-corrected chi connectivity index (χ3v) is 13.5. The van der Waals surface area contributed by atoms with Crippen molar-refractivity contribution >= 4 is 71.3 Å². The lowest BCUT2D eigenvalue weighted by molar-refractivity contribution is 0.670. The number of fused-ring (bicyclic) bond motifs is 10. The van der Waals surface area contributed by atoms with Crippen LogP contribution >= 0.6 is 0 Å². The number of rotatable bonds is 6. The molecule has 0 fully saturated rings. The van der Waals surface area contributed by atoms with Crippen LogP contribution in [0.2, 0.25) is 0 Å². The molecule has 1 aromatic heterocycles. The monoisotopic (exact) mass is 801 g/mol. The summed E-state index contributed by atoms with van der Waals surface area (Å²) in [7, 11) is 0. The number of hydrogen-bond acceptors (Lipinski definition) is 2. The summed E-state index contributed by atoms with van der Waals surface area (Å²) in [4.78, 5) is 2.43. The summed E-state index contributed by atoms with van der Waals surface area (Å²) in [5, 5.41) is 9.41. The van der Waals surface area contributed by atoms with Crippen molar-refractivity contribution in [3.63, 3.8) is 0 Å². The molecular weight excluding hydrogens is 763 g/mol. The van der Waals surface area contributed by atoms with Crippen molar-refractivity contribution in [2.45, 2.75) is 5.41 Å². The van der Waals surface area contributed by atoms with Gasteiger partial charge in [0.2, 0.25) is 0 Å². The van der Waals surface area contributed by atoms with E-state index >= 15 is 0 Å². The van der Waals surface area contributed by atoms with Gasteiger partial charge in [-0.15, -0.1) is 0 Å². The molecule has 13 rings (SSSR count). The molecule has 1 heterocycles. The zero-order valence-electron chi connectivity index (χ0n) is 34.4. The molecular formula is C61H39NO. The third kappa shape index (κ3) is 5.19. The van der Waals surface area contributed by atoms with Gasteiger partial charge >= 0.3 is 0 Å². The van der Waals surface area contributed by atoms with Crippen LogP contribution in [0.3, 0.4) is 0 Å². The Morgan fingerprint density at radius 1 is 0.349 bits per heavy atom. The summed E-state index contributed by atoms with van der Waals surface area (Å²) < 4.78 is 7.21. The van der Waals surface area contributed by atoms with E-state index in [0.29, 0.717) is 0 Å². The van der Waals surface area contributed by atoms with Gasteiger partial charge in [-0.1, -0.05) is 188 Å². The van der Waals surface area contributed by atoms with Gasteiger partial charge in [0.05, 0.1) is 16.5 Å². The maximum absolute atomic E-state index is 7.21. The van der Waals surface area contributed by atoms with Crippen LogP contribution < -0.4 is 4.90 Å². The summed E-state index contributed by atoms with van der Waals surface area (Å²) in [6.45, 7) is 0. The molecule has 2 nitrogen and oxygen atoms in total. The number of benzene rings is 11. The zero-order valence-corrected chi connectivity index (χ0v) is 34.4. The summed E-state index contributed by atoms with van der Waals surface area (Å²) in [6, 6.07) is 86.4. The summed E-state index contributed by atoms with van der Waals surface area (Å²) in [5.41, 5.74) is 14.3. The van der Waals surface area contributed by atoms with Gasteiger partial charge in [-0.25, -0.2) is 0 Å². The predicted octanol–water partition coefficient (Wildman–Crippen LogP) is 16.5. The Labute approximate surface area is 365 Å². The minimum atomic E-state index is -0.530. The quantitative estimate of drug-likeness (QED) is 0.156. The van der Waals surface area contributed by atoms with Gasteiger partial charge in [-0.05, 0) is 120 Å². The largest absolute Gasteiger partial charge is 0.455 e. The number of hydrogen-bond donors (Lipinski definition) is 0. The van der Waals surface area contributed by atoms with Crippen molar-refractivity contribution in [3.05, 3.63) is 259 Å². The van der Waals surface area contributed by atoms with Gasteiger partial charge in [0.25, 0.3) is 0 Å². The second-order valence-corrected chi connectivity index (χ2v) is 16.7. The smallest absolute Gasteiger partial charge is 0.143 e. The lowest BCUT2D eigenvalue weighted by Gasteiger charge is -2.35. The zero-order chi connectivity index (χ0) is 41.5. The van der Waals surface area contributed by atoms with Gasteiger partial charge in [0, 0.05) is 22.3 Å². The van der Waals surface area contributed by atoms with Gasteiger partial charge in [-0.2, -0.15) is 0 Å². The van der Waals surface area contributed by atoms with E-state index in [1.165, 1.54) is 71.3 Å². The fourth-order valence-electron chi connectivity index (χ4n) is 10.9. The van der Waals surface area contributed by atoms with Crippen LogP contribution in [0.4, 0.5) is 17.1 Å². The van der Waals surface area contributed by atoms with E-state index in [9.17, 15) is 0 Å².